The molecule has 1 unspecified atom stereocenters. The lowest BCUT2D eigenvalue weighted by molar-refractivity contribution is 0.647. The first kappa shape index (κ1) is 15.1. The van der Waals surface area contributed by atoms with Crippen LogP contribution in [-0.2, 0) is 0 Å². The second kappa shape index (κ2) is 6.90. The van der Waals surface area contributed by atoms with Crippen LogP contribution in [-0.4, -0.2) is 49.8 Å². The van der Waals surface area contributed by atoms with Crippen LogP contribution in [0.25, 0.3) is 5.95 Å². The van der Waals surface area contributed by atoms with E-state index in [2.05, 4.69) is 33.2 Å². The molecule has 0 aliphatic rings. The third-order valence-corrected chi connectivity index (χ3v) is 3.82. The number of hydrogen-bond donors (Lipinski definition) is 0. The van der Waals surface area contributed by atoms with E-state index in [0.29, 0.717) is 17.9 Å². The first-order valence-electron chi connectivity index (χ1n) is 6.25. The van der Waals surface area contributed by atoms with Gasteiger partial charge in [0.1, 0.15) is 0 Å². The van der Waals surface area contributed by atoms with Gasteiger partial charge in [0.05, 0.1) is 0 Å². The molecule has 1 atom stereocenters. The predicted molar refractivity (Wildman–Crippen MR) is 82.8 cm³/mol. The lowest BCUT2D eigenvalue weighted by atomic mass is 10.2. The van der Waals surface area contributed by atoms with E-state index in [0.717, 1.165) is 12.2 Å². The Balaban J connectivity index is 2.23. The largest absolute Gasteiger partial charge is 0.341 e. The molecule has 0 aliphatic heterocycles. The van der Waals surface area contributed by atoms with E-state index >= 15 is 0 Å². The van der Waals surface area contributed by atoms with E-state index in [9.17, 15) is 0 Å². The van der Waals surface area contributed by atoms with E-state index in [1.165, 1.54) is 0 Å². The normalized spacial score (nSPS) is 12.4. The van der Waals surface area contributed by atoms with Crippen LogP contribution in [0.4, 0.5) is 5.95 Å². The van der Waals surface area contributed by atoms with Gasteiger partial charge in [-0.15, -0.1) is 0 Å². The molecule has 2 aromatic rings. The van der Waals surface area contributed by atoms with Gasteiger partial charge in [0.15, 0.2) is 0 Å². The van der Waals surface area contributed by atoms with E-state index in [1.54, 1.807) is 17.1 Å². The van der Waals surface area contributed by atoms with Crippen LogP contribution in [0.15, 0.2) is 18.5 Å². The average molecular weight is 313 g/mol. The molecule has 0 N–H and O–H groups in total. The molecule has 0 fully saturated rings. The third-order valence-electron chi connectivity index (χ3n) is 3.01. The van der Waals surface area contributed by atoms with Crippen molar-refractivity contribution in [3.05, 3.63) is 23.7 Å². The van der Waals surface area contributed by atoms with E-state index < -0.39 is 0 Å². The van der Waals surface area contributed by atoms with Crippen LogP contribution in [0.2, 0.25) is 5.28 Å². The molecule has 2 aromatic heterocycles. The Bertz CT molecular complexity index is 547. The Morgan fingerprint density at radius 2 is 2.20 bits per heavy atom. The van der Waals surface area contributed by atoms with Gasteiger partial charge in [-0.05, 0) is 43.0 Å². The summed E-state index contributed by atoms with van der Waals surface area (Å²) in [5.41, 5.74) is 0. The lowest BCUT2D eigenvalue weighted by Crippen LogP contribution is -2.31. The standard InChI is InChI=1S/C12H17ClN6S/c1-9(5-8-20-3)18(2)11-15-10(13)16-12(17-11)19-7-4-6-14-19/h4,6-7,9H,5,8H2,1-3H3. The van der Waals surface area contributed by atoms with E-state index in [4.69, 9.17) is 11.6 Å². The topological polar surface area (TPSA) is 59.7 Å². The quantitative estimate of drug-likeness (QED) is 0.815. The van der Waals surface area contributed by atoms with Crippen molar-refractivity contribution < 1.29 is 0 Å². The van der Waals surface area contributed by atoms with Crippen LogP contribution >= 0.6 is 23.4 Å². The summed E-state index contributed by atoms with van der Waals surface area (Å²) in [6.45, 7) is 2.14. The zero-order chi connectivity index (χ0) is 14.5. The van der Waals surface area contributed by atoms with Crippen molar-refractivity contribution in [3.8, 4) is 5.95 Å². The van der Waals surface area contributed by atoms with Crippen molar-refractivity contribution in [2.75, 3.05) is 24.0 Å². The number of anilines is 1. The zero-order valence-electron chi connectivity index (χ0n) is 11.7. The first-order valence-corrected chi connectivity index (χ1v) is 8.02. The van der Waals surface area contributed by atoms with Crippen LogP contribution in [0, 0.1) is 0 Å². The summed E-state index contributed by atoms with van der Waals surface area (Å²) in [7, 11) is 1.96. The Labute approximate surface area is 127 Å². The summed E-state index contributed by atoms with van der Waals surface area (Å²) in [6, 6.07) is 2.13. The Kier molecular flexibility index (Phi) is 5.19. The lowest BCUT2D eigenvalue weighted by Gasteiger charge is -2.24. The number of aromatic nitrogens is 5. The van der Waals surface area contributed by atoms with Crippen molar-refractivity contribution in [1.82, 2.24) is 24.7 Å². The average Bonchev–Trinajstić information content (AvgIpc) is 2.97. The van der Waals surface area contributed by atoms with Gasteiger partial charge in [0.2, 0.25) is 11.2 Å². The van der Waals surface area contributed by atoms with Crippen LogP contribution in [0.5, 0.6) is 0 Å². The minimum atomic E-state index is 0.171. The zero-order valence-corrected chi connectivity index (χ0v) is 13.3. The maximum atomic E-state index is 5.99. The highest BCUT2D eigenvalue weighted by Crippen LogP contribution is 2.16. The summed E-state index contributed by atoms with van der Waals surface area (Å²) in [5.74, 6) is 2.08. The molecule has 0 saturated heterocycles. The highest BCUT2D eigenvalue weighted by Gasteiger charge is 2.15. The van der Waals surface area contributed by atoms with Gasteiger partial charge < -0.3 is 4.90 Å². The van der Waals surface area contributed by atoms with Crippen molar-refractivity contribution in [3.63, 3.8) is 0 Å². The van der Waals surface area contributed by atoms with Gasteiger partial charge in [-0.2, -0.15) is 31.8 Å². The summed E-state index contributed by atoms with van der Waals surface area (Å²) in [4.78, 5) is 14.7. The fourth-order valence-corrected chi connectivity index (χ4v) is 2.38. The molecule has 20 heavy (non-hydrogen) atoms. The minimum absolute atomic E-state index is 0.171. The Hall–Kier alpha value is -1.34. The molecule has 2 rings (SSSR count). The van der Waals surface area contributed by atoms with Gasteiger partial charge in [0, 0.05) is 25.5 Å². The molecule has 0 amide bonds. The second-order valence-corrected chi connectivity index (χ2v) is 5.72. The maximum Gasteiger partial charge on any atom is 0.256 e. The SMILES string of the molecule is CSCCC(C)N(C)c1nc(Cl)nc(-n2cccn2)n1. The highest BCUT2D eigenvalue weighted by atomic mass is 35.5. The summed E-state index contributed by atoms with van der Waals surface area (Å²) in [6.07, 6.45) is 6.59. The second-order valence-electron chi connectivity index (χ2n) is 4.40. The molecule has 6 nitrogen and oxygen atoms in total. The summed E-state index contributed by atoms with van der Waals surface area (Å²) < 4.78 is 1.57. The van der Waals surface area contributed by atoms with Crippen LogP contribution < -0.4 is 4.90 Å². The monoisotopic (exact) mass is 312 g/mol. The molecule has 0 saturated carbocycles. The maximum absolute atomic E-state index is 5.99. The van der Waals surface area contributed by atoms with Crippen molar-refractivity contribution in [1.29, 1.82) is 0 Å². The number of rotatable bonds is 6. The fourth-order valence-electron chi connectivity index (χ4n) is 1.66. The molecular weight excluding hydrogens is 296 g/mol. The molecule has 8 heteroatoms. The number of thioether (sulfide) groups is 1. The van der Waals surface area contributed by atoms with Gasteiger partial charge in [-0.3, -0.25) is 0 Å². The number of hydrogen-bond acceptors (Lipinski definition) is 6. The predicted octanol–water partition coefficient (Wildman–Crippen LogP) is 2.29. The molecule has 108 valence electrons. The minimum Gasteiger partial charge on any atom is -0.341 e. The van der Waals surface area contributed by atoms with Crippen LogP contribution in [0.3, 0.4) is 0 Å². The fraction of sp³-hybridized carbons (Fsp3) is 0.500. The molecule has 0 radical (unpaired) electrons. The van der Waals surface area contributed by atoms with Gasteiger partial charge >= 0.3 is 0 Å². The molecular formula is C12H17ClN6S. The third kappa shape index (κ3) is 3.61. The van der Waals surface area contributed by atoms with Gasteiger partial charge in [0.25, 0.3) is 5.95 Å². The van der Waals surface area contributed by atoms with E-state index in [1.807, 2.05) is 29.8 Å². The van der Waals surface area contributed by atoms with Crippen molar-refractivity contribution >= 4 is 29.3 Å². The number of nitrogens with zero attached hydrogens (tertiary/aromatic N) is 6. The first-order chi connectivity index (χ1) is 9.61. The molecule has 0 aromatic carbocycles. The Morgan fingerprint density at radius 1 is 1.40 bits per heavy atom. The molecule has 0 aliphatic carbocycles. The number of halogens is 1. The highest BCUT2D eigenvalue weighted by molar-refractivity contribution is 7.98. The van der Waals surface area contributed by atoms with Crippen molar-refractivity contribution in [2.24, 2.45) is 0 Å². The van der Waals surface area contributed by atoms with Crippen LogP contribution in [0.1, 0.15) is 13.3 Å². The van der Waals surface area contributed by atoms with Gasteiger partial charge in [-0.25, -0.2) is 4.68 Å². The Morgan fingerprint density at radius 3 is 2.85 bits per heavy atom. The van der Waals surface area contributed by atoms with E-state index in [-0.39, 0.29) is 5.28 Å². The summed E-state index contributed by atoms with van der Waals surface area (Å²) in [5, 5.41) is 4.28. The summed E-state index contributed by atoms with van der Waals surface area (Å²) >= 11 is 7.81. The molecule has 2 heterocycles. The molecule has 0 spiro atoms. The van der Waals surface area contributed by atoms with Crippen molar-refractivity contribution in [2.45, 2.75) is 19.4 Å². The smallest absolute Gasteiger partial charge is 0.256 e. The van der Waals surface area contributed by atoms with Gasteiger partial charge in [-0.1, -0.05) is 0 Å². The molecule has 0 bridgehead atoms.